The van der Waals surface area contributed by atoms with Gasteiger partial charge < -0.3 is 0 Å². The Hall–Kier alpha value is -2.22. The van der Waals surface area contributed by atoms with Gasteiger partial charge in [-0.1, -0.05) is 44.0 Å². The van der Waals surface area contributed by atoms with E-state index in [2.05, 4.69) is 24.7 Å². The zero-order valence-electron chi connectivity index (χ0n) is 12.5. The molecule has 0 aliphatic rings. The van der Waals surface area contributed by atoms with E-state index >= 15 is 0 Å². The first-order valence-electron chi connectivity index (χ1n) is 6.30. The molecule has 0 unspecified atom stereocenters. The first kappa shape index (κ1) is 17.8. The van der Waals surface area contributed by atoms with Crippen LogP contribution in [0.15, 0.2) is 89.4 Å². The zero-order chi connectivity index (χ0) is 15.5. The summed E-state index contributed by atoms with van der Waals surface area (Å²) < 4.78 is 12.9. The molecule has 0 atom stereocenters. The van der Waals surface area contributed by atoms with Crippen LogP contribution in [0.4, 0.5) is 4.39 Å². The Balaban J connectivity index is 5.47. The van der Waals surface area contributed by atoms with Crippen molar-refractivity contribution in [1.82, 2.24) is 0 Å². The van der Waals surface area contributed by atoms with Gasteiger partial charge in [-0.15, -0.1) is 0 Å². The monoisotopic (exact) mass is 271 g/mol. The third-order valence-electron chi connectivity index (χ3n) is 2.44. The predicted octanol–water partition coefficient (Wildman–Crippen LogP) is 5.64. The molecule has 20 heavy (non-hydrogen) atoms. The van der Waals surface area contributed by atoms with E-state index in [-0.39, 0.29) is 0 Å². The van der Waals surface area contributed by atoms with Crippen LogP contribution >= 0.6 is 0 Å². The van der Waals surface area contributed by atoms with E-state index in [9.17, 15) is 4.39 Å². The lowest BCUT2D eigenvalue weighted by atomic mass is 10.0. The minimum Gasteiger partial charge on any atom is -0.265 e. The molecule has 0 aromatic heterocycles. The molecular formula is C18H22FN. The van der Waals surface area contributed by atoms with Gasteiger partial charge in [0.25, 0.3) is 0 Å². The Bertz CT molecular complexity index is 526. The van der Waals surface area contributed by atoms with E-state index in [1.54, 1.807) is 6.21 Å². The number of halogens is 1. The fourth-order valence-electron chi connectivity index (χ4n) is 1.38. The number of hydrogen-bond acceptors (Lipinski definition) is 1. The highest BCUT2D eigenvalue weighted by Gasteiger charge is 1.97. The maximum absolute atomic E-state index is 12.9. The Morgan fingerprint density at radius 3 is 2.20 bits per heavy atom. The zero-order valence-corrected chi connectivity index (χ0v) is 12.5. The minimum absolute atomic E-state index is 0.469. The summed E-state index contributed by atoms with van der Waals surface area (Å²) in [5.74, 6) is -0.469. The van der Waals surface area contributed by atoms with Gasteiger partial charge in [0, 0.05) is 12.4 Å². The van der Waals surface area contributed by atoms with Gasteiger partial charge >= 0.3 is 0 Å². The van der Waals surface area contributed by atoms with Crippen LogP contribution in [0.1, 0.15) is 20.8 Å². The third kappa shape index (κ3) is 7.27. The van der Waals surface area contributed by atoms with Gasteiger partial charge in [0.15, 0.2) is 0 Å². The molecule has 0 aliphatic heterocycles. The lowest BCUT2D eigenvalue weighted by Crippen LogP contribution is -1.87. The van der Waals surface area contributed by atoms with Crippen LogP contribution in [0.2, 0.25) is 0 Å². The highest BCUT2D eigenvalue weighted by Crippen LogP contribution is 2.15. The molecular weight excluding hydrogens is 249 g/mol. The molecule has 0 saturated heterocycles. The average Bonchev–Trinajstić information content (AvgIpc) is 2.37. The van der Waals surface area contributed by atoms with Crippen molar-refractivity contribution in [2.24, 2.45) is 4.99 Å². The maximum atomic E-state index is 12.9. The fraction of sp³-hybridized carbons (Fsp3) is 0.167. The van der Waals surface area contributed by atoms with Crippen molar-refractivity contribution in [3.8, 4) is 0 Å². The molecule has 2 heteroatoms. The third-order valence-corrected chi connectivity index (χ3v) is 2.44. The molecule has 0 rings (SSSR count). The van der Waals surface area contributed by atoms with E-state index < -0.39 is 5.83 Å². The van der Waals surface area contributed by atoms with Crippen molar-refractivity contribution in [3.63, 3.8) is 0 Å². The van der Waals surface area contributed by atoms with Crippen LogP contribution in [0.5, 0.6) is 0 Å². The molecule has 0 aromatic rings. The van der Waals surface area contributed by atoms with Crippen molar-refractivity contribution in [2.75, 3.05) is 0 Å². The molecule has 0 bridgehead atoms. The van der Waals surface area contributed by atoms with Crippen LogP contribution in [-0.4, -0.2) is 6.21 Å². The second-order valence-corrected chi connectivity index (χ2v) is 4.26. The average molecular weight is 271 g/mol. The van der Waals surface area contributed by atoms with Crippen molar-refractivity contribution in [2.45, 2.75) is 20.8 Å². The van der Waals surface area contributed by atoms with Crippen LogP contribution in [0.25, 0.3) is 0 Å². The van der Waals surface area contributed by atoms with Crippen molar-refractivity contribution < 1.29 is 4.39 Å². The van der Waals surface area contributed by atoms with Gasteiger partial charge in [-0.25, -0.2) is 4.39 Å². The molecule has 0 aromatic carbocycles. The summed E-state index contributed by atoms with van der Waals surface area (Å²) in [4.78, 5) is 3.98. The van der Waals surface area contributed by atoms with Crippen LogP contribution < -0.4 is 0 Å². The quantitative estimate of drug-likeness (QED) is 0.420. The second kappa shape index (κ2) is 9.68. The fourth-order valence-corrected chi connectivity index (χ4v) is 1.38. The van der Waals surface area contributed by atoms with Crippen LogP contribution in [-0.2, 0) is 0 Å². The largest absolute Gasteiger partial charge is 0.265 e. The SMILES string of the molecule is C=CN=C/C(=C/C=C(C)/C(/C=C\C)=C/C(=C)F)C(=C)C. The standard InChI is InChI=1S/C18H22FN/c1-7-9-17(12-16(6)19)15(5)10-11-18(14(3)4)13-20-8-2/h7-13H,2-3,6H2,1,4-5H3/b9-7-,15-10+,17-12+,18-11-,20-13?. The Morgan fingerprint density at radius 2 is 1.75 bits per heavy atom. The normalized spacial score (nSPS) is 14.1. The summed E-state index contributed by atoms with van der Waals surface area (Å²) in [7, 11) is 0. The maximum Gasteiger partial charge on any atom is 0.116 e. The van der Waals surface area contributed by atoms with E-state index in [0.29, 0.717) is 0 Å². The van der Waals surface area contributed by atoms with Gasteiger partial charge in [-0.05, 0) is 49.1 Å². The number of rotatable bonds is 7. The van der Waals surface area contributed by atoms with E-state index in [1.165, 1.54) is 12.3 Å². The molecule has 0 amide bonds. The minimum atomic E-state index is -0.469. The summed E-state index contributed by atoms with van der Waals surface area (Å²) in [5, 5.41) is 0. The number of aliphatic imine (C=N–C) groups is 1. The molecule has 1 nitrogen and oxygen atoms in total. The molecule has 0 radical (unpaired) electrons. The highest BCUT2D eigenvalue weighted by atomic mass is 19.1. The lowest BCUT2D eigenvalue weighted by Gasteiger charge is -2.02. The predicted molar refractivity (Wildman–Crippen MR) is 88.5 cm³/mol. The Kier molecular flexibility index (Phi) is 8.60. The summed E-state index contributed by atoms with van der Waals surface area (Å²) in [6, 6.07) is 0. The molecule has 106 valence electrons. The number of hydrogen-bond donors (Lipinski definition) is 0. The molecule has 0 N–H and O–H groups in total. The molecule has 0 heterocycles. The van der Waals surface area contributed by atoms with Gasteiger partial charge in [-0.2, -0.15) is 0 Å². The smallest absolute Gasteiger partial charge is 0.116 e. The summed E-state index contributed by atoms with van der Waals surface area (Å²) in [6.45, 7) is 16.4. The van der Waals surface area contributed by atoms with Gasteiger partial charge in [0.2, 0.25) is 0 Å². The van der Waals surface area contributed by atoms with Crippen molar-refractivity contribution in [1.29, 1.82) is 0 Å². The van der Waals surface area contributed by atoms with E-state index in [1.807, 2.05) is 45.1 Å². The molecule has 0 aliphatic carbocycles. The molecule has 0 fully saturated rings. The van der Waals surface area contributed by atoms with Gasteiger partial charge in [0.05, 0.1) is 0 Å². The first-order valence-corrected chi connectivity index (χ1v) is 6.30. The summed E-state index contributed by atoms with van der Waals surface area (Å²) in [6.07, 6.45) is 12.0. The Morgan fingerprint density at radius 1 is 1.10 bits per heavy atom. The van der Waals surface area contributed by atoms with Crippen LogP contribution in [0, 0.1) is 0 Å². The van der Waals surface area contributed by atoms with Crippen LogP contribution in [0.3, 0.4) is 0 Å². The summed E-state index contributed by atoms with van der Waals surface area (Å²) >= 11 is 0. The molecule has 0 saturated carbocycles. The highest BCUT2D eigenvalue weighted by molar-refractivity contribution is 5.85. The van der Waals surface area contributed by atoms with Gasteiger partial charge in [0.1, 0.15) is 5.83 Å². The second-order valence-electron chi connectivity index (χ2n) is 4.26. The number of nitrogens with zero attached hydrogens (tertiary/aromatic N) is 1. The van der Waals surface area contributed by atoms with Crippen molar-refractivity contribution >= 4 is 6.21 Å². The van der Waals surface area contributed by atoms with E-state index in [0.717, 1.165) is 22.3 Å². The Labute approximate surface area is 121 Å². The lowest BCUT2D eigenvalue weighted by molar-refractivity contribution is 0.670. The van der Waals surface area contributed by atoms with Crippen molar-refractivity contribution in [3.05, 3.63) is 84.4 Å². The first-order chi connectivity index (χ1) is 9.42. The van der Waals surface area contributed by atoms with E-state index in [4.69, 9.17) is 0 Å². The van der Waals surface area contributed by atoms with Gasteiger partial charge in [-0.3, -0.25) is 4.99 Å². The molecule has 0 spiro atoms. The summed E-state index contributed by atoms with van der Waals surface area (Å²) in [5.41, 5.74) is 3.49. The number of allylic oxidation sites excluding steroid dienone is 10. The topological polar surface area (TPSA) is 12.4 Å².